The van der Waals surface area contributed by atoms with Crippen molar-refractivity contribution in [2.45, 2.75) is 31.9 Å². The Morgan fingerprint density at radius 3 is 2.25 bits per heavy atom. The number of carboxylic acid groups (broad SMARTS) is 1. The summed E-state index contributed by atoms with van der Waals surface area (Å²) in [6, 6.07) is 10.2. The van der Waals surface area contributed by atoms with Crippen molar-refractivity contribution in [3.8, 4) is 16.9 Å². The van der Waals surface area contributed by atoms with Crippen LogP contribution in [0.25, 0.3) is 11.1 Å². The number of benzene rings is 2. The summed E-state index contributed by atoms with van der Waals surface area (Å²) in [5, 5.41) is 15.9. The number of carbonyl (C=O) groups is 1. The molecule has 150 valence electrons. The van der Waals surface area contributed by atoms with Crippen LogP contribution in [0.1, 0.15) is 36.8 Å². The number of rotatable bonds is 9. The van der Waals surface area contributed by atoms with Crippen LogP contribution in [0, 0.1) is 5.41 Å². The molecule has 0 spiro atoms. The van der Waals surface area contributed by atoms with Crippen molar-refractivity contribution < 1.29 is 27.8 Å². The minimum atomic E-state index is -4.58. The summed E-state index contributed by atoms with van der Waals surface area (Å²) in [5.74, 6) is -1.27. The highest BCUT2D eigenvalue weighted by molar-refractivity contribution is 5.95. The molecule has 0 saturated carbocycles. The van der Waals surface area contributed by atoms with E-state index in [0.717, 1.165) is 6.07 Å². The lowest BCUT2D eigenvalue weighted by molar-refractivity contribution is -0.139. The fraction of sp³-hybridized carbons (Fsp3) is 0.300. The van der Waals surface area contributed by atoms with Gasteiger partial charge in [0.25, 0.3) is 0 Å². The molecule has 8 heteroatoms. The number of aliphatic carboxylic acids is 1. The Morgan fingerprint density at radius 2 is 1.68 bits per heavy atom. The van der Waals surface area contributed by atoms with Crippen molar-refractivity contribution in [3.05, 3.63) is 53.6 Å². The number of hydrogen-bond donors (Lipinski definition) is 3. The standard InChI is InChI=1S/C20H21F3N2O3/c21-20(22,23)16-12-15(13-5-7-14(8-6-13)19(24)25)9-10-17(16)28-11-3-1-2-4-18(26)27/h5-10,12H,1-4,11H2,(H3,24,25)(H,26,27). The van der Waals surface area contributed by atoms with E-state index < -0.39 is 17.7 Å². The van der Waals surface area contributed by atoms with E-state index in [9.17, 15) is 18.0 Å². The van der Waals surface area contributed by atoms with E-state index in [1.165, 1.54) is 12.1 Å². The molecule has 2 rings (SSSR count). The Morgan fingerprint density at radius 1 is 1.04 bits per heavy atom. The Kier molecular flexibility index (Phi) is 7.03. The van der Waals surface area contributed by atoms with E-state index in [-0.39, 0.29) is 24.6 Å². The average molecular weight is 394 g/mol. The van der Waals surface area contributed by atoms with Crippen LogP contribution in [-0.4, -0.2) is 23.5 Å². The lowest BCUT2D eigenvalue weighted by Crippen LogP contribution is -2.10. The van der Waals surface area contributed by atoms with Gasteiger partial charge in [-0.3, -0.25) is 10.2 Å². The minimum absolute atomic E-state index is 0.0327. The molecule has 0 aromatic heterocycles. The summed E-state index contributed by atoms with van der Waals surface area (Å²) in [7, 11) is 0. The molecule has 0 amide bonds. The zero-order valence-electron chi connectivity index (χ0n) is 15.1. The first-order valence-electron chi connectivity index (χ1n) is 8.69. The average Bonchev–Trinajstić information content (AvgIpc) is 2.63. The molecular weight excluding hydrogens is 373 g/mol. The molecule has 0 unspecified atom stereocenters. The van der Waals surface area contributed by atoms with Crippen LogP contribution in [0.15, 0.2) is 42.5 Å². The third-order valence-corrected chi connectivity index (χ3v) is 4.11. The molecule has 0 bridgehead atoms. The number of halogens is 3. The highest BCUT2D eigenvalue weighted by atomic mass is 19.4. The molecule has 0 radical (unpaired) electrons. The molecule has 0 saturated heterocycles. The molecule has 2 aromatic carbocycles. The number of amidine groups is 1. The van der Waals surface area contributed by atoms with Gasteiger partial charge in [0, 0.05) is 12.0 Å². The first-order valence-corrected chi connectivity index (χ1v) is 8.69. The monoisotopic (exact) mass is 394 g/mol. The second kappa shape index (κ2) is 9.25. The van der Waals surface area contributed by atoms with Crippen LogP contribution >= 0.6 is 0 Å². The third kappa shape index (κ3) is 6.00. The zero-order valence-corrected chi connectivity index (χ0v) is 15.1. The number of carboxylic acids is 1. The summed E-state index contributed by atoms with van der Waals surface area (Å²) in [6.45, 7) is 0.0787. The van der Waals surface area contributed by atoms with Gasteiger partial charge in [0.2, 0.25) is 0 Å². The van der Waals surface area contributed by atoms with E-state index in [2.05, 4.69) is 0 Å². The molecule has 28 heavy (non-hydrogen) atoms. The largest absolute Gasteiger partial charge is 0.493 e. The first kappa shape index (κ1) is 21.3. The molecule has 0 atom stereocenters. The van der Waals surface area contributed by atoms with Gasteiger partial charge in [-0.2, -0.15) is 13.2 Å². The molecule has 0 fully saturated rings. The van der Waals surface area contributed by atoms with E-state index >= 15 is 0 Å². The van der Waals surface area contributed by atoms with Gasteiger partial charge in [0.15, 0.2) is 0 Å². The quantitative estimate of drug-likeness (QED) is 0.327. The maximum atomic E-state index is 13.4. The smallest absolute Gasteiger partial charge is 0.419 e. The molecule has 0 aliphatic carbocycles. The van der Waals surface area contributed by atoms with Crippen LogP contribution < -0.4 is 10.5 Å². The molecule has 2 aromatic rings. The Hall–Kier alpha value is -3.03. The number of nitrogens with one attached hydrogen (secondary N) is 1. The van der Waals surface area contributed by atoms with Gasteiger partial charge in [-0.05, 0) is 42.5 Å². The number of nitrogen functional groups attached to an aromatic ring is 1. The number of unbranched alkanes of at least 4 members (excludes halogenated alkanes) is 2. The summed E-state index contributed by atoms with van der Waals surface area (Å²) in [4.78, 5) is 10.4. The van der Waals surface area contributed by atoms with Crippen LogP contribution in [0.2, 0.25) is 0 Å². The maximum absolute atomic E-state index is 13.4. The van der Waals surface area contributed by atoms with Gasteiger partial charge in [0.05, 0.1) is 12.2 Å². The predicted octanol–water partition coefficient (Wildman–Crippen LogP) is 4.68. The van der Waals surface area contributed by atoms with E-state index in [1.54, 1.807) is 24.3 Å². The highest BCUT2D eigenvalue weighted by Gasteiger charge is 2.34. The van der Waals surface area contributed by atoms with Gasteiger partial charge in [-0.15, -0.1) is 0 Å². The van der Waals surface area contributed by atoms with Crippen LogP contribution in [0.3, 0.4) is 0 Å². The van der Waals surface area contributed by atoms with Gasteiger partial charge < -0.3 is 15.6 Å². The van der Waals surface area contributed by atoms with Crippen molar-refractivity contribution in [1.82, 2.24) is 0 Å². The topological polar surface area (TPSA) is 96.4 Å². The van der Waals surface area contributed by atoms with Gasteiger partial charge in [0.1, 0.15) is 11.6 Å². The van der Waals surface area contributed by atoms with Crippen molar-refractivity contribution >= 4 is 11.8 Å². The van der Waals surface area contributed by atoms with Crippen molar-refractivity contribution in [1.29, 1.82) is 5.41 Å². The SMILES string of the molecule is N=C(N)c1ccc(-c2ccc(OCCCCCC(=O)O)c(C(F)(F)F)c2)cc1. The second-order valence-electron chi connectivity index (χ2n) is 6.25. The van der Waals surface area contributed by atoms with Crippen molar-refractivity contribution in [2.24, 2.45) is 5.73 Å². The summed E-state index contributed by atoms with van der Waals surface area (Å²) >= 11 is 0. The minimum Gasteiger partial charge on any atom is -0.493 e. The molecular formula is C20H21F3N2O3. The molecule has 0 aliphatic rings. The lowest BCUT2D eigenvalue weighted by Gasteiger charge is -2.16. The number of nitrogens with two attached hydrogens (primary N) is 1. The number of alkyl halides is 3. The Balaban J connectivity index is 2.12. The van der Waals surface area contributed by atoms with Gasteiger partial charge in [-0.25, -0.2) is 0 Å². The van der Waals surface area contributed by atoms with Crippen LogP contribution in [-0.2, 0) is 11.0 Å². The number of ether oxygens (including phenoxy) is 1. The molecule has 5 nitrogen and oxygen atoms in total. The van der Waals surface area contributed by atoms with Crippen molar-refractivity contribution in [2.75, 3.05) is 6.61 Å². The third-order valence-electron chi connectivity index (χ3n) is 4.11. The van der Waals surface area contributed by atoms with Gasteiger partial charge >= 0.3 is 12.1 Å². The maximum Gasteiger partial charge on any atom is 0.419 e. The van der Waals surface area contributed by atoms with E-state index in [4.69, 9.17) is 21.0 Å². The lowest BCUT2D eigenvalue weighted by atomic mass is 10.0. The molecule has 4 N–H and O–H groups in total. The second-order valence-corrected chi connectivity index (χ2v) is 6.25. The summed E-state index contributed by atoms with van der Waals surface area (Å²) in [6.07, 6.45) is -3.05. The Labute approximate surface area is 160 Å². The summed E-state index contributed by atoms with van der Waals surface area (Å²) < 4.78 is 45.6. The van der Waals surface area contributed by atoms with E-state index in [0.29, 0.717) is 36.0 Å². The van der Waals surface area contributed by atoms with Crippen LogP contribution in [0.4, 0.5) is 13.2 Å². The van der Waals surface area contributed by atoms with Gasteiger partial charge in [-0.1, -0.05) is 30.3 Å². The predicted molar refractivity (Wildman–Crippen MR) is 99.5 cm³/mol. The highest BCUT2D eigenvalue weighted by Crippen LogP contribution is 2.39. The summed E-state index contributed by atoms with van der Waals surface area (Å²) in [5.41, 5.74) is 5.94. The van der Waals surface area contributed by atoms with E-state index in [1.807, 2.05) is 0 Å². The molecule has 0 aliphatic heterocycles. The normalized spacial score (nSPS) is 11.2. The fourth-order valence-corrected chi connectivity index (χ4v) is 2.64. The van der Waals surface area contributed by atoms with Crippen molar-refractivity contribution in [3.63, 3.8) is 0 Å². The fourth-order valence-electron chi connectivity index (χ4n) is 2.64. The zero-order chi connectivity index (χ0) is 20.7. The van der Waals surface area contributed by atoms with Crippen LogP contribution in [0.5, 0.6) is 5.75 Å². The molecule has 0 heterocycles. The first-order chi connectivity index (χ1) is 13.2. The number of hydrogen-bond acceptors (Lipinski definition) is 3. The Bertz CT molecular complexity index is 834.